The largest absolute Gasteiger partial charge is 0.508 e. The molecule has 25 nitrogen and oxygen atoms in total. The van der Waals surface area contributed by atoms with Crippen molar-refractivity contribution < 1.29 is 105 Å². The van der Waals surface area contributed by atoms with E-state index in [1.54, 1.807) is 43.3 Å². The number of carboxylic acids is 7. The Kier molecular flexibility index (Phi) is 34.0. The minimum absolute atomic E-state index is 0.0279. The van der Waals surface area contributed by atoms with Crippen LogP contribution in [0, 0.1) is 47.9 Å². The van der Waals surface area contributed by atoms with Crippen LogP contribution in [0.5, 0.6) is 28.7 Å². The van der Waals surface area contributed by atoms with Crippen LogP contribution in [0.25, 0.3) is 0 Å². The highest BCUT2D eigenvalue weighted by atomic mass is 16.6. The number of phenols is 5. The van der Waals surface area contributed by atoms with Crippen LogP contribution in [0.1, 0.15) is 162 Å². The number of aliphatic carboxylic acids is 1. The van der Waals surface area contributed by atoms with Gasteiger partial charge in [-0.25, -0.2) is 28.8 Å². The van der Waals surface area contributed by atoms with Gasteiger partial charge in [-0.05, 0) is 124 Å². The minimum Gasteiger partial charge on any atom is -0.508 e. The van der Waals surface area contributed by atoms with Gasteiger partial charge in [0.05, 0.1) is 26.5 Å². The van der Waals surface area contributed by atoms with Crippen molar-refractivity contribution in [3.8, 4) is 28.7 Å². The summed E-state index contributed by atoms with van der Waals surface area (Å²) < 4.78 is 0. The summed E-state index contributed by atoms with van der Waals surface area (Å²) in [6.07, 6.45) is 12.9. The molecule has 0 aromatic heterocycles. The molecular formula is C59H68N2O23. The van der Waals surface area contributed by atoms with Crippen molar-refractivity contribution in [2.24, 2.45) is 0 Å². The standard InChI is InChI=1S/C13H26O2.2C8H7NO5.C8H8O3.C8H8O2.2C7H6O3/c1-2-3-4-5-6-7-8-9-10-11-12-13(14)15;2*1-4-2-5(8(11)12)7(10)6(3-4)9(13)14;1-5-4-6(8(10)11)2-3-7(5)9;1-6-2-4-7(5-3-6)8(9)10;8-6-3-1-2-5(4-6)7(9)10;8-6-4-2-1-3-5(6)7(9)10/h2-12H2,1H3,(H,14,15);2*2-3,10H,1H3,(H,11,12);2-4,9H,1H3,(H,10,11);2-5H,1H3,(H,9,10);2*1-4,8H,(H,9,10). The Bertz CT molecular complexity index is 3020. The number of hydrogen-bond acceptors (Lipinski definition) is 16. The summed E-state index contributed by atoms with van der Waals surface area (Å²) in [6.45, 7) is 8.84. The first-order valence-corrected chi connectivity index (χ1v) is 25.4. The van der Waals surface area contributed by atoms with Crippen LogP contribution in [-0.4, -0.2) is 113 Å². The van der Waals surface area contributed by atoms with Gasteiger partial charge in [-0.2, -0.15) is 0 Å². The molecule has 0 radical (unpaired) electrons. The highest BCUT2D eigenvalue weighted by molar-refractivity contribution is 5.94. The summed E-state index contributed by atoms with van der Waals surface area (Å²) in [5.74, 6) is -9.17. The third-order valence-corrected chi connectivity index (χ3v) is 11.0. The highest BCUT2D eigenvalue weighted by Gasteiger charge is 2.23. The van der Waals surface area contributed by atoms with Crippen LogP contribution < -0.4 is 0 Å². The second-order valence-electron chi connectivity index (χ2n) is 18.0. The van der Waals surface area contributed by atoms with E-state index in [0.717, 1.165) is 30.5 Å². The van der Waals surface area contributed by atoms with Gasteiger partial charge >= 0.3 is 53.2 Å². The Morgan fingerprint density at radius 3 is 1.14 bits per heavy atom. The number of carbonyl (C=O) groups is 7. The fourth-order valence-corrected chi connectivity index (χ4v) is 6.67. The first-order chi connectivity index (χ1) is 39.4. The molecule has 84 heavy (non-hydrogen) atoms. The molecule has 0 unspecified atom stereocenters. The van der Waals surface area contributed by atoms with Crippen LogP contribution in [0.15, 0.2) is 115 Å². The average Bonchev–Trinajstić information content (AvgIpc) is 3.60. The van der Waals surface area contributed by atoms with Crippen LogP contribution in [0.2, 0.25) is 0 Å². The number of carboxylic acid groups (broad SMARTS) is 7. The summed E-state index contributed by atoms with van der Waals surface area (Å²) in [7, 11) is 0. The molecule has 0 saturated heterocycles. The molecule has 452 valence electrons. The smallest absolute Gasteiger partial charge is 0.339 e. The molecule has 6 rings (SSSR count). The van der Waals surface area contributed by atoms with E-state index >= 15 is 0 Å². The first-order valence-electron chi connectivity index (χ1n) is 25.4. The lowest BCUT2D eigenvalue weighted by Gasteiger charge is -2.01. The molecule has 0 atom stereocenters. The maximum atomic E-state index is 10.6. The number of hydrogen-bond donors (Lipinski definition) is 12. The number of para-hydroxylation sites is 1. The summed E-state index contributed by atoms with van der Waals surface area (Å²) >= 11 is 0. The van der Waals surface area contributed by atoms with E-state index in [4.69, 9.17) is 51.1 Å². The molecule has 6 aromatic rings. The molecule has 0 spiro atoms. The van der Waals surface area contributed by atoms with Gasteiger partial charge in [-0.3, -0.25) is 25.0 Å². The molecule has 0 bridgehead atoms. The van der Waals surface area contributed by atoms with Gasteiger partial charge in [0.1, 0.15) is 33.9 Å². The third kappa shape index (κ3) is 29.6. The van der Waals surface area contributed by atoms with Crippen LogP contribution in [0.4, 0.5) is 11.4 Å². The summed E-state index contributed by atoms with van der Waals surface area (Å²) in [5.41, 5.74) is 0.917. The normalized spacial score (nSPS) is 9.68. The lowest BCUT2D eigenvalue weighted by atomic mass is 10.1. The second-order valence-corrected chi connectivity index (χ2v) is 18.0. The molecule has 6 aromatic carbocycles. The zero-order valence-electron chi connectivity index (χ0n) is 46.5. The van der Waals surface area contributed by atoms with E-state index < -0.39 is 85.6 Å². The minimum atomic E-state index is -1.39. The molecular weight excluding hydrogens is 1100 g/mol. The Morgan fingerprint density at radius 1 is 0.393 bits per heavy atom. The highest BCUT2D eigenvalue weighted by Crippen LogP contribution is 2.32. The van der Waals surface area contributed by atoms with Crippen molar-refractivity contribution in [1.82, 2.24) is 0 Å². The number of aromatic hydroxyl groups is 5. The van der Waals surface area contributed by atoms with Gasteiger partial charge in [0.25, 0.3) is 0 Å². The molecule has 0 aliphatic carbocycles. The number of rotatable bonds is 19. The maximum absolute atomic E-state index is 10.6. The predicted octanol–water partition coefficient (Wildman–Crippen LogP) is 12.3. The van der Waals surface area contributed by atoms with Crippen molar-refractivity contribution in [1.29, 1.82) is 0 Å². The fraction of sp³-hybridized carbons (Fsp3) is 0.271. The van der Waals surface area contributed by atoms with Crippen molar-refractivity contribution in [2.45, 2.75) is 105 Å². The fourth-order valence-electron chi connectivity index (χ4n) is 6.67. The third-order valence-electron chi connectivity index (χ3n) is 11.0. The number of unbranched alkanes of at least 4 members (excludes halogenated alkanes) is 9. The number of phenolic OH excluding ortho intramolecular Hbond substituents is 2. The van der Waals surface area contributed by atoms with Crippen molar-refractivity contribution >= 4 is 53.2 Å². The topological polar surface area (TPSA) is 449 Å². The number of aromatic carboxylic acids is 6. The van der Waals surface area contributed by atoms with Gasteiger partial charge in [-0.1, -0.05) is 101 Å². The number of aryl methyl sites for hydroxylation is 4. The number of nitro groups is 2. The van der Waals surface area contributed by atoms with Crippen molar-refractivity contribution in [2.75, 3.05) is 0 Å². The second kappa shape index (κ2) is 38.9. The molecule has 0 aliphatic heterocycles. The Hall–Kier alpha value is -10.6. The first kappa shape index (κ1) is 73.4. The zero-order valence-corrected chi connectivity index (χ0v) is 46.5. The monoisotopic (exact) mass is 1170 g/mol. The van der Waals surface area contributed by atoms with E-state index in [9.17, 15) is 64.0 Å². The summed E-state index contributed by atoms with van der Waals surface area (Å²) in [6, 6.07) is 26.8. The van der Waals surface area contributed by atoms with E-state index in [-0.39, 0.29) is 33.9 Å². The van der Waals surface area contributed by atoms with Crippen LogP contribution >= 0.6 is 0 Å². The van der Waals surface area contributed by atoms with Gasteiger partial charge in [0, 0.05) is 18.6 Å². The van der Waals surface area contributed by atoms with Gasteiger partial charge in [0.15, 0.2) is 0 Å². The van der Waals surface area contributed by atoms with E-state index in [1.165, 1.54) is 132 Å². The SMILES string of the molecule is CCCCCCCCCCCCC(=O)O.Cc1cc(C(=O)O)c(O)c([N+](=O)[O-])c1.Cc1cc(C(=O)O)c(O)c([N+](=O)[O-])c1.Cc1cc(C(=O)O)ccc1O.Cc1ccc(C(=O)O)cc1.O=C(O)c1cccc(O)c1.O=C(O)c1ccccc1O. The molecule has 0 saturated carbocycles. The molecule has 0 amide bonds. The lowest BCUT2D eigenvalue weighted by Crippen LogP contribution is -2.00. The number of nitrogens with zero attached hydrogens (tertiary/aromatic N) is 2. The molecule has 12 N–H and O–H groups in total. The molecule has 0 aliphatic rings. The average molecular weight is 1170 g/mol. The van der Waals surface area contributed by atoms with E-state index in [2.05, 4.69) is 6.92 Å². The quantitative estimate of drug-likeness (QED) is 0.0204. The summed E-state index contributed by atoms with van der Waals surface area (Å²) in [4.78, 5) is 91.7. The lowest BCUT2D eigenvalue weighted by molar-refractivity contribution is -0.386. The Balaban J connectivity index is 0.000000962. The predicted molar refractivity (Wildman–Crippen MR) is 305 cm³/mol. The van der Waals surface area contributed by atoms with Gasteiger partial charge in [-0.15, -0.1) is 0 Å². The molecule has 0 heterocycles. The van der Waals surface area contributed by atoms with Crippen LogP contribution in [0.3, 0.4) is 0 Å². The van der Waals surface area contributed by atoms with Crippen molar-refractivity contribution in [3.63, 3.8) is 0 Å². The molecule has 25 heteroatoms. The van der Waals surface area contributed by atoms with Gasteiger partial charge in [0.2, 0.25) is 11.5 Å². The van der Waals surface area contributed by atoms with Gasteiger partial charge < -0.3 is 61.3 Å². The zero-order chi connectivity index (χ0) is 64.2. The van der Waals surface area contributed by atoms with Crippen LogP contribution in [-0.2, 0) is 4.79 Å². The number of benzene rings is 6. The van der Waals surface area contributed by atoms with Crippen molar-refractivity contribution in [3.05, 3.63) is 191 Å². The van der Waals surface area contributed by atoms with E-state index in [0.29, 0.717) is 28.7 Å². The van der Waals surface area contributed by atoms with E-state index in [1.807, 2.05) is 6.92 Å². The maximum Gasteiger partial charge on any atom is 0.339 e. The Labute approximate surface area is 481 Å². The molecule has 0 fully saturated rings. The summed E-state index contributed by atoms with van der Waals surface area (Å²) in [5, 5.41) is 125. The number of nitro benzene ring substituents is 2. The Morgan fingerprint density at radius 2 is 0.798 bits per heavy atom.